The lowest BCUT2D eigenvalue weighted by Crippen LogP contribution is -2.39. The summed E-state index contributed by atoms with van der Waals surface area (Å²) in [6, 6.07) is 6.46. The number of rotatable bonds is 3. The molecule has 0 spiro atoms. The molecule has 0 aromatic heterocycles. The second kappa shape index (κ2) is 6.02. The summed E-state index contributed by atoms with van der Waals surface area (Å²) in [4.78, 5) is 4.46. The van der Waals surface area contributed by atoms with E-state index in [0.717, 1.165) is 12.8 Å². The number of halogens is 2. The molecule has 0 aliphatic heterocycles. The lowest BCUT2D eigenvalue weighted by atomic mass is 9.76. The molecule has 0 heterocycles. The Hall–Kier alpha value is -0.930. The summed E-state index contributed by atoms with van der Waals surface area (Å²) in [7, 11) is 0. The SMILES string of the molecule is CC(C)NC(N)=NC1CC(c2ccc(Cl)c(Cl)c2)C1. The Bertz CT molecular complexity index is 480. The van der Waals surface area contributed by atoms with E-state index in [1.54, 1.807) is 0 Å². The molecular weight excluding hydrogens is 281 g/mol. The van der Waals surface area contributed by atoms with Crippen molar-refractivity contribution in [3.63, 3.8) is 0 Å². The molecule has 2 rings (SSSR count). The zero-order chi connectivity index (χ0) is 14.0. The smallest absolute Gasteiger partial charge is 0.189 e. The van der Waals surface area contributed by atoms with E-state index in [1.807, 2.05) is 32.0 Å². The van der Waals surface area contributed by atoms with Crippen LogP contribution in [-0.2, 0) is 0 Å². The molecule has 3 N–H and O–H groups in total. The van der Waals surface area contributed by atoms with Crippen molar-refractivity contribution < 1.29 is 0 Å². The van der Waals surface area contributed by atoms with Crippen LogP contribution in [0.4, 0.5) is 0 Å². The topological polar surface area (TPSA) is 50.4 Å². The summed E-state index contributed by atoms with van der Waals surface area (Å²) < 4.78 is 0. The number of nitrogens with zero attached hydrogens (tertiary/aromatic N) is 1. The largest absolute Gasteiger partial charge is 0.370 e. The van der Waals surface area contributed by atoms with Gasteiger partial charge in [0.05, 0.1) is 16.1 Å². The van der Waals surface area contributed by atoms with Crippen LogP contribution in [-0.4, -0.2) is 18.0 Å². The summed E-state index contributed by atoms with van der Waals surface area (Å²) in [6.07, 6.45) is 2.02. The summed E-state index contributed by atoms with van der Waals surface area (Å²) in [5.41, 5.74) is 7.05. The lowest BCUT2D eigenvalue weighted by molar-refractivity contribution is 0.352. The second-order valence-electron chi connectivity index (χ2n) is 5.31. The fourth-order valence-electron chi connectivity index (χ4n) is 2.26. The minimum Gasteiger partial charge on any atom is -0.370 e. The van der Waals surface area contributed by atoms with E-state index >= 15 is 0 Å². The summed E-state index contributed by atoms with van der Waals surface area (Å²) in [6.45, 7) is 4.09. The van der Waals surface area contributed by atoms with Gasteiger partial charge in [-0.3, -0.25) is 4.99 Å². The Morgan fingerprint density at radius 2 is 2.00 bits per heavy atom. The molecule has 1 aromatic rings. The molecule has 3 nitrogen and oxygen atoms in total. The first kappa shape index (κ1) is 14.5. The van der Waals surface area contributed by atoms with Gasteiger partial charge in [0.2, 0.25) is 0 Å². The molecule has 0 amide bonds. The lowest BCUT2D eigenvalue weighted by Gasteiger charge is -2.33. The molecule has 0 unspecified atom stereocenters. The van der Waals surface area contributed by atoms with Crippen molar-refractivity contribution in [2.75, 3.05) is 0 Å². The minimum absolute atomic E-state index is 0.311. The van der Waals surface area contributed by atoms with Crippen molar-refractivity contribution in [3.05, 3.63) is 33.8 Å². The van der Waals surface area contributed by atoms with Crippen LogP contribution in [0.25, 0.3) is 0 Å². The molecule has 0 atom stereocenters. The maximum absolute atomic E-state index is 6.03. The standard InChI is InChI=1S/C14H19Cl2N3/c1-8(2)18-14(17)19-11-5-10(6-11)9-3-4-12(15)13(16)7-9/h3-4,7-8,10-11H,5-6H2,1-2H3,(H3,17,18,19). The quantitative estimate of drug-likeness (QED) is 0.662. The number of hydrogen-bond acceptors (Lipinski definition) is 1. The van der Waals surface area contributed by atoms with E-state index in [4.69, 9.17) is 28.9 Å². The Balaban J connectivity index is 1.90. The number of benzene rings is 1. The van der Waals surface area contributed by atoms with Gasteiger partial charge in [0, 0.05) is 6.04 Å². The molecule has 104 valence electrons. The number of guanidine groups is 1. The van der Waals surface area contributed by atoms with Crippen LogP contribution in [0.3, 0.4) is 0 Å². The van der Waals surface area contributed by atoms with E-state index in [1.165, 1.54) is 5.56 Å². The maximum atomic E-state index is 6.03. The highest BCUT2D eigenvalue weighted by Gasteiger charge is 2.30. The zero-order valence-corrected chi connectivity index (χ0v) is 12.7. The Labute approximate surface area is 124 Å². The van der Waals surface area contributed by atoms with Crippen LogP contribution < -0.4 is 11.1 Å². The molecule has 1 aromatic carbocycles. The number of nitrogens with one attached hydrogen (secondary N) is 1. The predicted molar refractivity (Wildman–Crippen MR) is 82.1 cm³/mol. The first-order valence-corrected chi connectivity index (χ1v) is 7.26. The van der Waals surface area contributed by atoms with Gasteiger partial charge in [0.25, 0.3) is 0 Å². The summed E-state index contributed by atoms with van der Waals surface area (Å²) in [5, 5.41) is 4.32. The molecule has 1 saturated carbocycles. The molecule has 1 fully saturated rings. The van der Waals surface area contributed by atoms with Crippen molar-refractivity contribution >= 4 is 29.2 Å². The van der Waals surface area contributed by atoms with Gasteiger partial charge in [-0.2, -0.15) is 0 Å². The van der Waals surface area contributed by atoms with Gasteiger partial charge < -0.3 is 11.1 Å². The van der Waals surface area contributed by atoms with Crippen LogP contribution in [0.5, 0.6) is 0 Å². The highest BCUT2D eigenvalue weighted by Crippen LogP contribution is 2.40. The Morgan fingerprint density at radius 1 is 1.32 bits per heavy atom. The van der Waals surface area contributed by atoms with E-state index in [-0.39, 0.29) is 0 Å². The third-order valence-corrected chi connectivity index (χ3v) is 4.03. The van der Waals surface area contributed by atoms with Crippen molar-refractivity contribution in [3.8, 4) is 0 Å². The van der Waals surface area contributed by atoms with Gasteiger partial charge >= 0.3 is 0 Å². The van der Waals surface area contributed by atoms with Crippen molar-refractivity contribution in [1.29, 1.82) is 0 Å². The predicted octanol–water partition coefficient (Wildman–Crippen LogP) is 3.55. The van der Waals surface area contributed by atoms with Crippen LogP contribution in [0, 0.1) is 0 Å². The first-order chi connectivity index (χ1) is 8.95. The number of aliphatic imine (C=N–C) groups is 1. The summed E-state index contributed by atoms with van der Waals surface area (Å²) >= 11 is 11.9. The van der Waals surface area contributed by atoms with Crippen LogP contribution in [0.15, 0.2) is 23.2 Å². The average molecular weight is 300 g/mol. The van der Waals surface area contributed by atoms with E-state index < -0.39 is 0 Å². The molecule has 1 aliphatic carbocycles. The van der Waals surface area contributed by atoms with Gasteiger partial charge in [0.1, 0.15) is 0 Å². The van der Waals surface area contributed by atoms with Crippen LogP contribution >= 0.6 is 23.2 Å². The molecule has 1 aliphatic rings. The molecule has 5 heteroatoms. The van der Waals surface area contributed by atoms with Crippen molar-refractivity contribution in [1.82, 2.24) is 5.32 Å². The Morgan fingerprint density at radius 3 is 2.58 bits per heavy atom. The third kappa shape index (κ3) is 3.77. The monoisotopic (exact) mass is 299 g/mol. The van der Waals surface area contributed by atoms with Gasteiger partial charge in [-0.15, -0.1) is 0 Å². The highest BCUT2D eigenvalue weighted by molar-refractivity contribution is 6.42. The normalized spacial score (nSPS) is 23.3. The van der Waals surface area contributed by atoms with Crippen molar-refractivity contribution in [2.45, 2.75) is 44.7 Å². The summed E-state index contributed by atoms with van der Waals surface area (Å²) in [5.74, 6) is 1.04. The van der Waals surface area contributed by atoms with Crippen LogP contribution in [0.1, 0.15) is 38.2 Å². The van der Waals surface area contributed by atoms with Crippen molar-refractivity contribution in [2.24, 2.45) is 10.7 Å². The Kier molecular flexibility index (Phi) is 4.58. The fraction of sp³-hybridized carbons (Fsp3) is 0.500. The van der Waals surface area contributed by atoms with Crippen LogP contribution in [0.2, 0.25) is 10.0 Å². The first-order valence-electron chi connectivity index (χ1n) is 6.50. The van der Waals surface area contributed by atoms with E-state index in [9.17, 15) is 0 Å². The molecule has 0 bridgehead atoms. The zero-order valence-electron chi connectivity index (χ0n) is 11.2. The third-order valence-electron chi connectivity index (χ3n) is 3.29. The van der Waals surface area contributed by atoms with Gasteiger partial charge in [-0.05, 0) is 50.3 Å². The average Bonchev–Trinajstić information content (AvgIpc) is 2.26. The number of nitrogens with two attached hydrogens (primary N) is 1. The molecule has 19 heavy (non-hydrogen) atoms. The fourth-order valence-corrected chi connectivity index (χ4v) is 2.57. The number of hydrogen-bond donors (Lipinski definition) is 2. The molecular formula is C14H19Cl2N3. The maximum Gasteiger partial charge on any atom is 0.189 e. The molecule has 0 saturated heterocycles. The van der Waals surface area contributed by atoms with E-state index in [0.29, 0.717) is 34.0 Å². The second-order valence-corrected chi connectivity index (χ2v) is 6.12. The van der Waals surface area contributed by atoms with Gasteiger partial charge in [-0.25, -0.2) is 0 Å². The van der Waals surface area contributed by atoms with Gasteiger partial charge in [-0.1, -0.05) is 29.3 Å². The minimum atomic E-state index is 0.311. The highest BCUT2D eigenvalue weighted by atomic mass is 35.5. The van der Waals surface area contributed by atoms with E-state index in [2.05, 4.69) is 10.3 Å². The van der Waals surface area contributed by atoms with Gasteiger partial charge in [0.15, 0.2) is 5.96 Å². The molecule has 0 radical (unpaired) electrons.